The van der Waals surface area contributed by atoms with Crippen molar-refractivity contribution in [2.45, 2.75) is 0 Å². The molecule has 1 aromatic heterocycles. The molecule has 0 aliphatic carbocycles. The van der Waals surface area contributed by atoms with Crippen LogP contribution in [-0.4, -0.2) is 42.6 Å². The average molecular weight is 236 g/mol. The summed E-state index contributed by atoms with van der Waals surface area (Å²) in [5, 5.41) is 19.6. The highest BCUT2D eigenvalue weighted by Crippen LogP contribution is 2.32. The Kier molecular flexibility index (Phi) is 3.77. The van der Waals surface area contributed by atoms with E-state index >= 15 is 0 Å². The van der Waals surface area contributed by atoms with Gasteiger partial charge in [0.15, 0.2) is 0 Å². The molecule has 0 bridgehead atoms. The van der Waals surface area contributed by atoms with E-state index in [4.69, 9.17) is 5.26 Å². The second-order valence-corrected chi connectivity index (χ2v) is 3.54. The van der Waals surface area contributed by atoms with Crippen molar-refractivity contribution in [2.24, 2.45) is 0 Å². The Balaban J connectivity index is 3.36. The van der Waals surface area contributed by atoms with Crippen molar-refractivity contribution in [3.63, 3.8) is 0 Å². The minimum atomic E-state index is -0.543. The van der Waals surface area contributed by atoms with E-state index in [1.165, 1.54) is 16.1 Å². The quantitative estimate of drug-likeness (QED) is 0.424. The molecule has 1 heterocycles. The van der Waals surface area contributed by atoms with Gasteiger partial charge in [-0.25, -0.2) is 9.97 Å². The van der Waals surface area contributed by atoms with Gasteiger partial charge in [0.2, 0.25) is 11.6 Å². The molecular formula is C9H12N6O2. The number of nitro groups is 1. The minimum absolute atomic E-state index is 0.0186. The molecule has 0 spiro atoms. The Morgan fingerprint density at radius 2 is 2.00 bits per heavy atom. The van der Waals surface area contributed by atoms with Gasteiger partial charge in [0.25, 0.3) is 0 Å². The van der Waals surface area contributed by atoms with E-state index in [0.717, 1.165) is 0 Å². The molecule has 0 saturated carbocycles. The summed E-state index contributed by atoms with van der Waals surface area (Å²) in [7, 11) is 4.88. The van der Waals surface area contributed by atoms with Crippen molar-refractivity contribution >= 4 is 17.3 Å². The van der Waals surface area contributed by atoms with E-state index in [1.54, 1.807) is 21.1 Å². The molecule has 0 aliphatic heterocycles. The number of nitriles is 1. The molecule has 0 fully saturated rings. The predicted octanol–water partition coefficient (Wildman–Crippen LogP) is 0.411. The average Bonchev–Trinajstić information content (AvgIpc) is 2.28. The van der Waals surface area contributed by atoms with Gasteiger partial charge >= 0.3 is 5.69 Å². The monoisotopic (exact) mass is 236 g/mol. The van der Waals surface area contributed by atoms with E-state index < -0.39 is 4.92 Å². The second-order valence-electron chi connectivity index (χ2n) is 3.54. The van der Waals surface area contributed by atoms with Gasteiger partial charge in [0, 0.05) is 21.1 Å². The van der Waals surface area contributed by atoms with Crippen LogP contribution in [-0.2, 0) is 0 Å². The Labute approximate surface area is 98.3 Å². The molecule has 0 saturated heterocycles. The number of anilines is 2. The maximum atomic E-state index is 11.0. The molecule has 0 aliphatic rings. The van der Waals surface area contributed by atoms with Gasteiger partial charge in [-0.15, -0.1) is 0 Å². The standard InChI is InChI=1S/C9H12N6O2/c1-13(2)8-7(15(16)17)9(12-6-11-8)14(3)5-4-10/h6H,5H2,1-3H3. The van der Waals surface area contributed by atoms with Crippen molar-refractivity contribution in [3.05, 3.63) is 16.4 Å². The summed E-state index contributed by atoms with van der Waals surface area (Å²) in [4.78, 5) is 21.2. The zero-order chi connectivity index (χ0) is 13.0. The first-order valence-electron chi connectivity index (χ1n) is 4.73. The van der Waals surface area contributed by atoms with E-state index in [9.17, 15) is 10.1 Å². The summed E-state index contributed by atoms with van der Waals surface area (Å²) in [5.74, 6) is 0.347. The first-order valence-corrected chi connectivity index (χ1v) is 4.73. The summed E-state index contributed by atoms with van der Waals surface area (Å²) in [5.41, 5.74) is -0.199. The zero-order valence-electron chi connectivity index (χ0n) is 9.78. The SMILES string of the molecule is CN(C)c1ncnc(N(C)CC#N)c1[N+](=O)[O-]. The fourth-order valence-electron chi connectivity index (χ4n) is 1.31. The molecule has 0 N–H and O–H groups in total. The maximum Gasteiger partial charge on any atom is 0.353 e. The molecule has 0 unspecified atom stereocenters. The molecule has 0 atom stereocenters. The lowest BCUT2D eigenvalue weighted by atomic mass is 10.4. The van der Waals surface area contributed by atoms with E-state index in [-0.39, 0.29) is 23.9 Å². The van der Waals surface area contributed by atoms with Crippen LogP contribution in [0.5, 0.6) is 0 Å². The fourth-order valence-corrected chi connectivity index (χ4v) is 1.31. The summed E-state index contributed by atoms with van der Waals surface area (Å²) in [6, 6.07) is 1.91. The van der Waals surface area contributed by atoms with Crippen LogP contribution in [0.4, 0.5) is 17.3 Å². The molecule has 0 radical (unpaired) electrons. The Morgan fingerprint density at radius 1 is 1.41 bits per heavy atom. The highest BCUT2D eigenvalue weighted by molar-refractivity contribution is 5.70. The molecule has 8 heteroatoms. The normalized spacial score (nSPS) is 9.53. The summed E-state index contributed by atoms with van der Waals surface area (Å²) in [6.07, 6.45) is 1.24. The topological polar surface area (TPSA) is 99.2 Å². The summed E-state index contributed by atoms with van der Waals surface area (Å²) < 4.78 is 0. The van der Waals surface area contributed by atoms with E-state index in [0.29, 0.717) is 0 Å². The van der Waals surface area contributed by atoms with Crippen LogP contribution in [0.25, 0.3) is 0 Å². The molecule has 17 heavy (non-hydrogen) atoms. The van der Waals surface area contributed by atoms with Crippen LogP contribution in [0.3, 0.4) is 0 Å². The third-order valence-electron chi connectivity index (χ3n) is 2.06. The lowest BCUT2D eigenvalue weighted by Gasteiger charge is -2.17. The van der Waals surface area contributed by atoms with E-state index in [2.05, 4.69) is 9.97 Å². The number of hydrogen-bond donors (Lipinski definition) is 0. The molecule has 0 amide bonds. The van der Waals surface area contributed by atoms with Gasteiger partial charge in [-0.05, 0) is 0 Å². The largest absolute Gasteiger partial charge is 0.357 e. The Hall–Kier alpha value is -2.43. The third-order valence-corrected chi connectivity index (χ3v) is 2.06. The molecule has 90 valence electrons. The number of hydrogen-bond acceptors (Lipinski definition) is 7. The molecular weight excluding hydrogens is 224 g/mol. The molecule has 1 aromatic rings. The van der Waals surface area contributed by atoms with E-state index in [1.807, 2.05) is 6.07 Å². The Bertz CT molecular complexity index is 467. The molecule has 8 nitrogen and oxygen atoms in total. The van der Waals surface area contributed by atoms with Gasteiger partial charge in [-0.3, -0.25) is 10.1 Å². The summed E-state index contributed by atoms with van der Waals surface area (Å²) >= 11 is 0. The highest BCUT2D eigenvalue weighted by atomic mass is 16.6. The smallest absolute Gasteiger partial charge is 0.353 e. The molecule has 1 rings (SSSR count). The highest BCUT2D eigenvalue weighted by Gasteiger charge is 2.26. The van der Waals surface area contributed by atoms with Crippen molar-refractivity contribution in [1.82, 2.24) is 9.97 Å². The van der Waals surface area contributed by atoms with Crippen molar-refractivity contribution in [3.8, 4) is 6.07 Å². The fraction of sp³-hybridized carbons (Fsp3) is 0.444. The van der Waals surface area contributed by atoms with Crippen LogP contribution in [0.1, 0.15) is 0 Å². The van der Waals surface area contributed by atoms with Gasteiger partial charge in [0.1, 0.15) is 12.9 Å². The minimum Gasteiger partial charge on any atom is -0.357 e. The van der Waals surface area contributed by atoms with Gasteiger partial charge < -0.3 is 9.80 Å². The maximum absolute atomic E-state index is 11.0. The number of nitrogens with zero attached hydrogens (tertiary/aromatic N) is 6. The lowest BCUT2D eigenvalue weighted by molar-refractivity contribution is -0.383. The van der Waals surface area contributed by atoms with Crippen LogP contribution in [0.15, 0.2) is 6.33 Å². The first-order chi connectivity index (χ1) is 7.99. The summed E-state index contributed by atoms with van der Waals surface area (Å²) in [6.45, 7) is 0.0186. The van der Waals surface area contributed by atoms with Gasteiger partial charge in [-0.1, -0.05) is 0 Å². The third kappa shape index (κ3) is 2.57. The van der Waals surface area contributed by atoms with Crippen LogP contribution >= 0.6 is 0 Å². The van der Waals surface area contributed by atoms with Crippen molar-refractivity contribution in [2.75, 3.05) is 37.5 Å². The van der Waals surface area contributed by atoms with Crippen LogP contribution in [0.2, 0.25) is 0 Å². The van der Waals surface area contributed by atoms with Crippen LogP contribution < -0.4 is 9.80 Å². The first kappa shape index (κ1) is 12.6. The van der Waals surface area contributed by atoms with Crippen LogP contribution in [0, 0.1) is 21.4 Å². The van der Waals surface area contributed by atoms with Crippen molar-refractivity contribution < 1.29 is 4.92 Å². The zero-order valence-corrected chi connectivity index (χ0v) is 9.78. The number of rotatable bonds is 4. The van der Waals surface area contributed by atoms with Crippen molar-refractivity contribution in [1.29, 1.82) is 5.26 Å². The molecule has 0 aromatic carbocycles. The van der Waals surface area contributed by atoms with Gasteiger partial charge in [0.05, 0.1) is 11.0 Å². The number of aromatic nitrogens is 2. The second kappa shape index (κ2) is 5.07. The predicted molar refractivity (Wildman–Crippen MR) is 61.9 cm³/mol. The Morgan fingerprint density at radius 3 is 2.47 bits per heavy atom. The van der Waals surface area contributed by atoms with Gasteiger partial charge in [-0.2, -0.15) is 5.26 Å². The lowest BCUT2D eigenvalue weighted by Crippen LogP contribution is -2.22.